The summed E-state index contributed by atoms with van der Waals surface area (Å²) in [6.07, 6.45) is 1.15. The van der Waals surface area contributed by atoms with Gasteiger partial charge in [0, 0.05) is 30.1 Å². The van der Waals surface area contributed by atoms with Gasteiger partial charge in [0.15, 0.2) is 0 Å². The summed E-state index contributed by atoms with van der Waals surface area (Å²) < 4.78 is 22.4. The number of nitrogens with one attached hydrogen (secondary N) is 2. The van der Waals surface area contributed by atoms with Crippen LogP contribution in [0.2, 0.25) is 0 Å². The van der Waals surface area contributed by atoms with E-state index in [1.807, 2.05) is 6.92 Å². The van der Waals surface area contributed by atoms with E-state index >= 15 is 0 Å². The largest absolute Gasteiger partial charge is 0.370 e. The minimum atomic E-state index is -3.12. The van der Waals surface area contributed by atoms with Crippen molar-refractivity contribution < 1.29 is 13.2 Å². The number of carbonyl (C=O) groups excluding carboxylic acids is 1. The highest BCUT2D eigenvalue weighted by atomic mass is 32.2. The van der Waals surface area contributed by atoms with Gasteiger partial charge in [0.05, 0.1) is 5.75 Å². The fraction of sp³-hybridized carbons (Fsp3) is 0.538. The number of nitrogens with zero attached hydrogens (tertiary/aromatic N) is 1. The monoisotopic (exact) mass is 299 g/mol. The Bertz CT molecular complexity index is 585. The predicted molar refractivity (Wildman–Crippen MR) is 79.8 cm³/mol. The van der Waals surface area contributed by atoms with E-state index in [1.54, 1.807) is 26.0 Å². The fourth-order valence-corrected chi connectivity index (χ4v) is 2.87. The normalized spacial score (nSPS) is 12.8. The Hall–Kier alpha value is -1.63. The number of hydrogen-bond donors (Lipinski definition) is 2. The van der Waals surface area contributed by atoms with E-state index in [0.717, 1.165) is 11.9 Å². The van der Waals surface area contributed by atoms with Crippen LogP contribution in [0.4, 0.5) is 5.82 Å². The predicted octanol–water partition coefficient (Wildman–Crippen LogP) is 0.985. The van der Waals surface area contributed by atoms with Crippen LogP contribution in [0.25, 0.3) is 0 Å². The van der Waals surface area contributed by atoms with Crippen LogP contribution in [0.1, 0.15) is 29.9 Å². The average Bonchev–Trinajstić information content (AvgIpc) is 2.25. The van der Waals surface area contributed by atoms with Gasteiger partial charge in [0.1, 0.15) is 15.7 Å². The Balaban J connectivity index is 2.81. The molecule has 0 saturated heterocycles. The molecular weight excluding hydrogens is 278 g/mol. The SMILES string of the molecule is CCNc1cc(C(=O)NC(C)CS(C)(=O)=O)cc(C)n1. The van der Waals surface area contributed by atoms with Crippen LogP contribution in [0.15, 0.2) is 12.1 Å². The summed E-state index contributed by atoms with van der Waals surface area (Å²) in [4.78, 5) is 16.3. The van der Waals surface area contributed by atoms with Gasteiger partial charge in [-0.2, -0.15) is 0 Å². The average molecular weight is 299 g/mol. The van der Waals surface area contributed by atoms with Gasteiger partial charge in [-0.15, -0.1) is 0 Å². The van der Waals surface area contributed by atoms with Crippen molar-refractivity contribution in [1.82, 2.24) is 10.3 Å². The molecule has 1 atom stereocenters. The lowest BCUT2D eigenvalue weighted by Gasteiger charge is -2.13. The topological polar surface area (TPSA) is 88.2 Å². The lowest BCUT2D eigenvalue weighted by atomic mass is 10.2. The summed E-state index contributed by atoms with van der Waals surface area (Å²) in [5.41, 5.74) is 1.19. The number of hydrogen-bond acceptors (Lipinski definition) is 5. The number of aromatic nitrogens is 1. The lowest BCUT2D eigenvalue weighted by Crippen LogP contribution is -2.37. The molecule has 0 aliphatic carbocycles. The molecule has 1 aromatic rings. The molecule has 1 rings (SSSR count). The molecule has 0 fully saturated rings. The molecule has 0 spiro atoms. The molecule has 0 aliphatic heterocycles. The second-order valence-corrected chi connectivity index (χ2v) is 7.06. The standard InChI is InChI=1S/C13H21N3O3S/c1-5-14-12-7-11(6-9(2)15-12)13(17)16-10(3)8-20(4,18)19/h6-7,10H,5,8H2,1-4H3,(H,14,15)(H,16,17). The summed E-state index contributed by atoms with van der Waals surface area (Å²) >= 11 is 0. The molecule has 1 heterocycles. The third kappa shape index (κ3) is 5.56. The second-order valence-electron chi connectivity index (χ2n) is 4.88. The Morgan fingerprint density at radius 1 is 1.40 bits per heavy atom. The molecule has 0 bridgehead atoms. The van der Waals surface area contributed by atoms with E-state index in [4.69, 9.17) is 0 Å². The van der Waals surface area contributed by atoms with Crippen molar-refractivity contribution in [3.8, 4) is 0 Å². The molecule has 6 nitrogen and oxygen atoms in total. The zero-order chi connectivity index (χ0) is 15.3. The van der Waals surface area contributed by atoms with Crippen LogP contribution in [-0.4, -0.2) is 43.9 Å². The number of pyridine rings is 1. The van der Waals surface area contributed by atoms with E-state index in [0.29, 0.717) is 17.9 Å². The smallest absolute Gasteiger partial charge is 0.251 e. The van der Waals surface area contributed by atoms with Crippen molar-refractivity contribution in [1.29, 1.82) is 0 Å². The van der Waals surface area contributed by atoms with Crippen molar-refractivity contribution >= 4 is 21.6 Å². The van der Waals surface area contributed by atoms with Crippen molar-refractivity contribution in [3.05, 3.63) is 23.4 Å². The first-order valence-corrected chi connectivity index (χ1v) is 8.48. The highest BCUT2D eigenvalue weighted by Crippen LogP contribution is 2.10. The van der Waals surface area contributed by atoms with E-state index in [1.165, 1.54) is 0 Å². The molecule has 7 heteroatoms. The molecule has 112 valence electrons. The minimum absolute atomic E-state index is 0.0805. The van der Waals surface area contributed by atoms with Crippen LogP contribution in [0.3, 0.4) is 0 Å². The molecule has 2 N–H and O–H groups in total. The summed E-state index contributed by atoms with van der Waals surface area (Å²) in [6.45, 7) is 6.12. The maximum absolute atomic E-state index is 12.1. The highest BCUT2D eigenvalue weighted by molar-refractivity contribution is 7.90. The molecule has 1 unspecified atom stereocenters. The van der Waals surface area contributed by atoms with Crippen molar-refractivity contribution in [2.45, 2.75) is 26.8 Å². The van der Waals surface area contributed by atoms with E-state index in [2.05, 4.69) is 15.6 Å². The summed E-state index contributed by atoms with van der Waals surface area (Å²) in [5, 5.41) is 5.72. The van der Waals surface area contributed by atoms with E-state index < -0.39 is 15.9 Å². The van der Waals surface area contributed by atoms with Gasteiger partial charge in [0.2, 0.25) is 0 Å². The van der Waals surface area contributed by atoms with Crippen LogP contribution in [0, 0.1) is 6.92 Å². The Kier molecular flexibility index (Phi) is 5.50. The molecule has 0 radical (unpaired) electrons. The van der Waals surface area contributed by atoms with Gasteiger partial charge in [-0.3, -0.25) is 4.79 Å². The Labute approximate surface area is 119 Å². The molecule has 0 aromatic carbocycles. The number of rotatable bonds is 6. The van der Waals surface area contributed by atoms with E-state index in [9.17, 15) is 13.2 Å². The molecule has 0 saturated carbocycles. The van der Waals surface area contributed by atoms with Crippen LogP contribution in [-0.2, 0) is 9.84 Å². The first-order chi connectivity index (χ1) is 9.21. The van der Waals surface area contributed by atoms with Crippen LogP contribution >= 0.6 is 0 Å². The van der Waals surface area contributed by atoms with E-state index in [-0.39, 0.29) is 11.7 Å². The Morgan fingerprint density at radius 2 is 2.05 bits per heavy atom. The van der Waals surface area contributed by atoms with Gasteiger partial charge >= 0.3 is 0 Å². The molecule has 1 aromatic heterocycles. The quantitative estimate of drug-likeness (QED) is 0.817. The maximum atomic E-state index is 12.1. The Morgan fingerprint density at radius 3 is 2.60 bits per heavy atom. The number of carbonyl (C=O) groups is 1. The second kappa shape index (κ2) is 6.69. The van der Waals surface area contributed by atoms with Crippen molar-refractivity contribution in [2.75, 3.05) is 23.9 Å². The lowest BCUT2D eigenvalue weighted by molar-refractivity contribution is 0.0943. The molecule has 20 heavy (non-hydrogen) atoms. The van der Waals surface area contributed by atoms with Crippen molar-refractivity contribution in [3.63, 3.8) is 0 Å². The van der Waals surface area contributed by atoms with Gasteiger partial charge in [-0.1, -0.05) is 0 Å². The summed E-state index contributed by atoms with van der Waals surface area (Å²) in [6, 6.07) is 2.89. The van der Waals surface area contributed by atoms with Crippen LogP contribution in [0.5, 0.6) is 0 Å². The van der Waals surface area contributed by atoms with Gasteiger partial charge in [-0.05, 0) is 32.9 Å². The van der Waals surface area contributed by atoms with Crippen molar-refractivity contribution in [2.24, 2.45) is 0 Å². The number of anilines is 1. The highest BCUT2D eigenvalue weighted by Gasteiger charge is 2.15. The van der Waals surface area contributed by atoms with Crippen LogP contribution < -0.4 is 10.6 Å². The summed E-state index contributed by atoms with van der Waals surface area (Å²) in [5.74, 6) is 0.252. The number of aryl methyl sites for hydroxylation is 1. The van der Waals surface area contributed by atoms with Gasteiger partial charge in [0.25, 0.3) is 5.91 Å². The maximum Gasteiger partial charge on any atom is 0.251 e. The fourth-order valence-electron chi connectivity index (χ4n) is 1.87. The van der Waals surface area contributed by atoms with Gasteiger partial charge < -0.3 is 10.6 Å². The number of amides is 1. The zero-order valence-corrected chi connectivity index (χ0v) is 13.0. The minimum Gasteiger partial charge on any atom is -0.370 e. The first kappa shape index (κ1) is 16.4. The third-order valence-electron chi connectivity index (χ3n) is 2.50. The molecule has 1 amide bonds. The first-order valence-electron chi connectivity index (χ1n) is 6.42. The third-order valence-corrected chi connectivity index (χ3v) is 3.61. The summed E-state index contributed by atoms with van der Waals surface area (Å²) in [7, 11) is -3.12. The molecular formula is C13H21N3O3S. The molecule has 0 aliphatic rings. The van der Waals surface area contributed by atoms with Gasteiger partial charge in [-0.25, -0.2) is 13.4 Å². The number of sulfone groups is 1. The zero-order valence-electron chi connectivity index (χ0n) is 12.2.